The topological polar surface area (TPSA) is 46.6 Å². The van der Waals surface area contributed by atoms with E-state index in [1.54, 1.807) is 4.90 Å². The second-order valence-electron chi connectivity index (χ2n) is 10.7. The first kappa shape index (κ1) is 25.6. The summed E-state index contributed by atoms with van der Waals surface area (Å²) in [6.07, 6.45) is -2.63. The number of Topliss-reactive ketones (excluding diaryl/α,β-unsaturated/α-hetero) is 1. The molecular formula is C31H27F4NO3. The first-order valence-corrected chi connectivity index (χ1v) is 13.3. The molecule has 2 fully saturated rings. The molecule has 0 N–H and O–H groups in total. The van der Waals surface area contributed by atoms with E-state index in [0.717, 1.165) is 28.7 Å². The van der Waals surface area contributed by atoms with E-state index in [4.69, 9.17) is 4.74 Å². The third-order valence-corrected chi connectivity index (χ3v) is 8.44. The normalized spacial score (nSPS) is 22.3. The minimum Gasteiger partial charge on any atom is -0.448 e. The lowest BCUT2D eigenvalue weighted by molar-refractivity contribution is -0.138. The number of hydrogen-bond donors (Lipinski definition) is 0. The van der Waals surface area contributed by atoms with Crippen molar-refractivity contribution in [2.45, 2.75) is 56.3 Å². The van der Waals surface area contributed by atoms with Crippen LogP contribution in [-0.2, 0) is 10.9 Å². The first-order chi connectivity index (χ1) is 18.7. The number of halogens is 4. The molecule has 0 aromatic heterocycles. The number of fused-ring (bicyclic) bond motifs is 5. The fourth-order valence-electron chi connectivity index (χ4n) is 6.75. The van der Waals surface area contributed by atoms with E-state index in [-0.39, 0.29) is 37.5 Å². The number of hydrogen-bond acceptors (Lipinski definition) is 3. The minimum atomic E-state index is -4.77. The number of carbonyl (C=O) groups is 2. The second-order valence-corrected chi connectivity index (χ2v) is 10.7. The van der Waals surface area contributed by atoms with Gasteiger partial charge in [-0.05, 0) is 72.6 Å². The number of ketones is 1. The van der Waals surface area contributed by atoms with E-state index >= 15 is 0 Å². The number of amides is 1. The van der Waals surface area contributed by atoms with Crippen LogP contribution in [0, 0.1) is 11.7 Å². The van der Waals surface area contributed by atoms with Gasteiger partial charge in [-0.3, -0.25) is 4.79 Å². The van der Waals surface area contributed by atoms with Crippen LogP contribution in [0.5, 0.6) is 0 Å². The van der Waals surface area contributed by atoms with Gasteiger partial charge in [0.05, 0.1) is 5.56 Å². The summed E-state index contributed by atoms with van der Waals surface area (Å²) in [4.78, 5) is 28.3. The highest BCUT2D eigenvalue weighted by atomic mass is 19.4. The zero-order valence-corrected chi connectivity index (χ0v) is 21.1. The molecular weight excluding hydrogens is 510 g/mol. The molecule has 3 aromatic carbocycles. The Hall–Kier alpha value is -3.68. The van der Waals surface area contributed by atoms with E-state index in [0.29, 0.717) is 31.0 Å². The molecule has 0 spiro atoms. The van der Waals surface area contributed by atoms with Crippen molar-refractivity contribution in [3.05, 3.63) is 94.8 Å². The maximum atomic E-state index is 13.9. The number of ether oxygens (including phenoxy) is 1. The summed E-state index contributed by atoms with van der Waals surface area (Å²) >= 11 is 0. The minimum absolute atomic E-state index is 0.0888. The first-order valence-electron chi connectivity index (χ1n) is 13.3. The highest BCUT2D eigenvalue weighted by Crippen LogP contribution is 2.45. The summed E-state index contributed by atoms with van der Waals surface area (Å²) < 4.78 is 60.4. The predicted octanol–water partition coefficient (Wildman–Crippen LogP) is 7.61. The van der Waals surface area contributed by atoms with Gasteiger partial charge >= 0.3 is 12.3 Å². The average molecular weight is 538 g/mol. The predicted molar refractivity (Wildman–Crippen MR) is 137 cm³/mol. The van der Waals surface area contributed by atoms with Crippen LogP contribution >= 0.6 is 0 Å². The Morgan fingerprint density at radius 1 is 0.872 bits per heavy atom. The van der Waals surface area contributed by atoms with Crippen LogP contribution in [0.15, 0.2) is 66.7 Å². The molecule has 0 radical (unpaired) electrons. The Morgan fingerprint density at radius 3 is 2.05 bits per heavy atom. The lowest BCUT2D eigenvalue weighted by Crippen LogP contribution is -2.56. The highest BCUT2D eigenvalue weighted by molar-refractivity contribution is 5.99. The summed E-state index contributed by atoms with van der Waals surface area (Å²) in [5.74, 6) is -2.41. The largest absolute Gasteiger partial charge is 0.448 e. The number of nitrogens with zero attached hydrogens (tertiary/aromatic N) is 1. The zero-order chi connectivity index (χ0) is 27.3. The lowest BCUT2D eigenvalue weighted by atomic mass is 9.75. The molecule has 2 aliphatic heterocycles. The molecule has 4 nitrogen and oxygen atoms in total. The van der Waals surface area contributed by atoms with Crippen LogP contribution < -0.4 is 0 Å². The van der Waals surface area contributed by atoms with Crippen molar-refractivity contribution >= 4 is 11.9 Å². The Morgan fingerprint density at radius 2 is 1.46 bits per heavy atom. The maximum absolute atomic E-state index is 13.9. The molecule has 6 rings (SSSR count). The number of alkyl halides is 3. The molecule has 2 heterocycles. The van der Waals surface area contributed by atoms with Crippen LogP contribution in [-0.4, -0.2) is 35.5 Å². The van der Waals surface area contributed by atoms with Crippen molar-refractivity contribution in [1.29, 1.82) is 0 Å². The monoisotopic (exact) mass is 537 g/mol. The van der Waals surface area contributed by atoms with Gasteiger partial charge in [-0.2, -0.15) is 13.2 Å². The molecule has 2 unspecified atom stereocenters. The third kappa shape index (κ3) is 4.60. The zero-order valence-electron chi connectivity index (χ0n) is 21.1. The smallest absolute Gasteiger partial charge is 0.417 e. The van der Waals surface area contributed by atoms with Crippen molar-refractivity contribution in [1.82, 2.24) is 4.90 Å². The van der Waals surface area contributed by atoms with E-state index in [9.17, 15) is 27.2 Å². The molecule has 202 valence electrons. The molecule has 0 saturated carbocycles. The molecule has 39 heavy (non-hydrogen) atoms. The Kier molecular flexibility index (Phi) is 6.44. The van der Waals surface area contributed by atoms with Gasteiger partial charge in [0.15, 0.2) is 5.78 Å². The van der Waals surface area contributed by atoms with Crippen LogP contribution in [0.25, 0.3) is 11.1 Å². The standard InChI is InChI=1S/C31H27F4NO3/c32-19-12-13-28(31(33,34)35)26(16-19)29(37)18-14-20-6-5-7-21(15-18)36(20)30(38)39-17-27-24-10-3-1-8-22(24)23-9-2-4-11-25(23)27/h1-4,8-13,16,18,20-21,27H,5-7,14-15,17H2. The summed E-state index contributed by atoms with van der Waals surface area (Å²) in [6.45, 7) is 0.170. The van der Waals surface area contributed by atoms with Gasteiger partial charge in [-0.25, -0.2) is 9.18 Å². The molecule has 3 aromatic rings. The van der Waals surface area contributed by atoms with Crippen LogP contribution in [0.4, 0.5) is 22.4 Å². The van der Waals surface area contributed by atoms with E-state index < -0.39 is 40.9 Å². The Bertz CT molecular complexity index is 1380. The van der Waals surface area contributed by atoms with Gasteiger partial charge < -0.3 is 9.64 Å². The Balaban J connectivity index is 1.18. The fraction of sp³-hybridized carbons (Fsp3) is 0.355. The number of benzene rings is 3. The molecule has 1 aliphatic carbocycles. The summed E-state index contributed by atoms with van der Waals surface area (Å²) in [6, 6.07) is 17.5. The molecule has 2 atom stereocenters. The van der Waals surface area contributed by atoms with Gasteiger partial charge in [-0.1, -0.05) is 48.5 Å². The molecule has 2 saturated heterocycles. The SMILES string of the molecule is O=C(c1cc(F)ccc1C(F)(F)F)C1CC2CCCC(C1)N2C(=O)OCC1c2ccccc2-c2ccccc21. The number of piperidine rings is 2. The average Bonchev–Trinajstić information content (AvgIpc) is 3.23. The van der Waals surface area contributed by atoms with Crippen molar-refractivity contribution in [3.8, 4) is 11.1 Å². The van der Waals surface area contributed by atoms with Gasteiger partial charge in [0.1, 0.15) is 12.4 Å². The van der Waals surface area contributed by atoms with Gasteiger partial charge in [0, 0.05) is 29.5 Å². The fourth-order valence-corrected chi connectivity index (χ4v) is 6.75. The summed E-state index contributed by atoms with van der Waals surface area (Å²) in [5, 5.41) is 0. The number of carbonyl (C=O) groups excluding carboxylic acids is 2. The second kappa shape index (κ2) is 9.81. The van der Waals surface area contributed by atoms with E-state index in [1.165, 1.54) is 0 Å². The van der Waals surface area contributed by atoms with Gasteiger partial charge in [-0.15, -0.1) is 0 Å². The van der Waals surface area contributed by atoms with Crippen LogP contribution in [0.1, 0.15) is 65.1 Å². The quantitative estimate of drug-likeness (QED) is 0.254. The van der Waals surface area contributed by atoms with Crippen molar-refractivity contribution in [2.75, 3.05) is 6.61 Å². The Labute approximate surface area is 223 Å². The highest BCUT2D eigenvalue weighted by Gasteiger charge is 2.45. The van der Waals surface area contributed by atoms with Crippen molar-refractivity contribution in [3.63, 3.8) is 0 Å². The maximum Gasteiger partial charge on any atom is 0.417 e. The van der Waals surface area contributed by atoms with Gasteiger partial charge in [0.25, 0.3) is 0 Å². The molecule has 3 aliphatic rings. The van der Waals surface area contributed by atoms with E-state index in [1.807, 2.05) is 36.4 Å². The van der Waals surface area contributed by atoms with Crippen molar-refractivity contribution in [2.24, 2.45) is 5.92 Å². The van der Waals surface area contributed by atoms with Crippen LogP contribution in [0.2, 0.25) is 0 Å². The van der Waals surface area contributed by atoms with E-state index in [2.05, 4.69) is 12.1 Å². The molecule has 8 heteroatoms. The van der Waals surface area contributed by atoms with Gasteiger partial charge in [0.2, 0.25) is 0 Å². The summed E-state index contributed by atoms with van der Waals surface area (Å²) in [5.41, 5.74) is 2.69. The number of rotatable bonds is 4. The third-order valence-electron chi connectivity index (χ3n) is 8.44. The lowest BCUT2D eigenvalue weighted by Gasteiger charge is -2.47. The van der Waals surface area contributed by atoms with Crippen LogP contribution in [0.3, 0.4) is 0 Å². The molecule has 1 amide bonds. The molecule has 2 bridgehead atoms. The summed E-state index contributed by atoms with van der Waals surface area (Å²) in [7, 11) is 0. The van der Waals surface area contributed by atoms with Crippen molar-refractivity contribution < 1.29 is 31.9 Å².